The molecule has 1 saturated carbocycles. The lowest BCUT2D eigenvalue weighted by Gasteiger charge is -2.40. The summed E-state index contributed by atoms with van der Waals surface area (Å²) in [6.45, 7) is 7.02. The van der Waals surface area contributed by atoms with E-state index in [9.17, 15) is 4.79 Å². The van der Waals surface area contributed by atoms with E-state index in [1.54, 1.807) is 11.3 Å². The second-order valence-electron chi connectivity index (χ2n) is 7.13. The van der Waals surface area contributed by atoms with Crippen LogP contribution in [0.1, 0.15) is 57.4 Å². The van der Waals surface area contributed by atoms with Crippen molar-refractivity contribution in [2.24, 2.45) is 11.3 Å². The van der Waals surface area contributed by atoms with Crippen LogP contribution in [-0.4, -0.2) is 19.1 Å². The molecule has 4 heteroatoms. The van der Waals surface area contributed by atoms with Crippen LogP contribution in [0.15, 0.2) is 17.5 Å². The lowest BCUT2D eigenvalue weighted by atomic mass is 9.70. The minimum absolute atomic E-state index is 0.0727. The maximum Gasteiger partial charge on any atom is 0.307 e. The molecule has 1 fully saturated rings. The summed E-state index contributed by atoms with van der Waals surface area (Å²) in [6.07, 6.45) is 4.04. The second kappa shape index (κ2) is 6.93. The van der Waals surface area contributed by atoms with Gasteiger partial charge in [-0.25, -0.2) is 0 Å². The second-order valence-corrected chi connectivity index (χ2v) is 8.10. The van der Waals surface area contributed by atoms with E-state index in [0.29, 0.717) is 17.9 Å². The number of carbonyl (C=O) groups excluding carboxylic acids is 1. The molecule has 21 heavy (non-hydrogen) atoms. The minimum Gasteiger partial charge on any atom is -0.469 e. The van der Waals surface area contributed by atoms with E-state index in [1.807, 2.05) is 6.07 Å². The molecule has 0 bridgehead atoms. The van der Waals surface area contributed by atoms with E-state index < -0.39 is 0 Å². The first-order valence-corrected chi connectivity index (χ1v) is 8.64. The number of hydrogen-bond donors (Lipinski definition) is 1. The molecule has 3 unspecified atom stereocenters. The van der Waals surface area contributed by atoms with Crippen molar-refractivity contribution < 1.29 is 9.53 Å². The minimum atomic E-state index is -0.149. The SMILES string of the molecule is COC(=O)CC(NC1CC(C)CC(C)(C)C1)c1cccs1. The van der Waals surface area contributed by atoms with Gasteiger partial charge in [0.15, 0.2) is 0 Å². The summed E-state index contributed by atoms with van der Waals surface area (Å²) < 4.78 is 4.86. The van der Waals surface area contributed by atoms with Gasteiger partial charge in [-0.2, -0.15) is 0 Å². The van der Waals surface area contributed by atoms with Gasteiger partial charge < -0.3 is 10.1 Å². The highest BCUT2D eigenvalue weighted by atomic mass is 32.1. The van der Waals surface area contributed by atoms with E-state index in [-0.39, 0.29) is 12.0 Å². The van der Waals surface area contributed by atoms with Gasteiger partial charge in [-0.15, -0.1) is 11.3 Å². The van der Waals surface area contributed by atoms with Crippen LogP contribution in [0.2, 0.25) is 0 Å². The van der Waals surface area contributed by atoms with Gasteiger partial charge in [0.25, 0.3) is 0 Å². The summed E-state index contributed by atoms with van der Waals surface area (Å²) in [5.74, 6) is 0.581. The van der Waals surface area contributed by atoms with Crippen molar-refractivity contribution in [3.8, 4) is 0 Å². The molecular weight excluding hydrogens is 282 g/mol. The topological polar surface area (TPSA) is 38.3 Å². The van der Waals surface area contributed by atoms with Crippen molar-refractivity contribution in [2.75, 3.05) is 7.11 Å². The fourth-order valence-electron chi connectivity index (χ4n) is 3.74. The first-order chi connectivity index (χ1) is 9.89. The van der Waals surface area contributed by atoms with Crippen LogP contribution in [0.5, 0.6) is 0 Å². The lowest BCUT2D eigenvalue weighted by Crippen LogP contribution is -2.42. The summed E-state index contributed by atoms with van der Waals surface area (Å²) in [5.41, 5.74) is 0.376. The van der Waals surface area contributed by atoms with Crippen LogP contribution >= 0.6 is 11.3 Å². The van der Waals surface area contributed by atoms with Crippen LogP contribution < -0.4 is 5.32 Å². The number of hydrogen-bond acceptors (Lipinski definition) is 4. The van der Waals surface area contributed by atoms with Gasteiger partial charge in [0.2, 0.25) is 0 Å². The molecule has 0 spiro atoms. The Kier molecular flexibility index (Phi) is 5.44. The van der Waals surface area contributed by atoms with Gasteiger partial charge in [0.05, 0.1) is 19.6 Å². The number of rotatable bonds is 5. The smallest absolute Gasteiger partial charge is 0.307 e. The summed E-state index contributed by atoms with van der Waals surface area (Å²) >= 11 is 1.70. The Morgan fingerprint density at radius 1 is 1.52 bits per heavy atom. The van der Waals surface area contributed by atoms with Crippen LogP contribution in [0.3, 0.4) is 0 Å². The Labute approximate surface area is 132 Å². The van der Waals surface area contributed by atoms with Crippen LogP contribution in [-0.2, 0) is 9.53 Å². The molecule has 1 N–H and O–H groups in total. The van der Waals surface area contributed by atoms with E-state index >= 15 is 0 Å². The van der Waals surface area contributed by atoms with Crippen molar-refractivity contribution in [1.82, 2.24) is 5.32 Å². The highest BCUT2D eigenvalue weighted by molar-refractivity contribution is 7.10. The van der Waals surface area contributed by atoms with Crippen molar-refractivity contribution in [3.63, 3.8) is 0 Å². The number of carbonyl (C=O) groups is 1. The molecule has 3 atom stereocenters. The third-order valence-corrected chi connectivity index (χ3v) is 5.29. The van der Waals surface area contributed by atoms with Gasteiger partial charge in [-0.3, -0.25) is 4.79 Å². The Hall–Kier alpha value is -0.870. The zero-order valence-corrected chi connectivity index (χ0v) is 14.3. The quantitative estimate of drug-likeness (QED) is 0.830. The Balaban J connectivity index is 2.06. The van der Waals surface area contributed by atoms with E-state index in [1.165, 1.54) is 31.2 Å². The number of nitrogens with one attached hydrogen (secondary N) is 1. The molecule has 0 amide bonds. The molecule has 0 aliphatic heterocycles. The molecule has 1 aliphatic rings. The van der Waals surface area contributed by atoms with Gasteiger partial charge in [0.1, 0.15) is 0 Å². The highest BCUT2D eigenvalue weighted by Crippen LogP contribution is 2.39. The molecule has 1 heterocycles. The number of methoxy groups -OCH3 is 1. The fourth-order valence-corrected chi connectivity index (χ4v) is 4.53. The van der Waals surface area contributed by atoms with Crippen molar-refractivity contribution in [3.05, 3.63) is 22.4 Å². The number of esters is 1. The Morgan fingerprint density at radius 3 is 2.86 bits per heavy atom. The molecule has 1 aliphatic carbocycles. The predicted octanol–water partition coefficient (Wildman–Crippen LogP) is 4.16. The number of thiophene rings is 1. The van der Waals surface area contributed by atoms with Gasteiger partial charge >= 0.3 is 5.97 Å². The average molecular weight is 309 g/mol. The van der Waals surface area contributed by atoms with Crippen LogP contribution in [0, 0.1) is 11.3 Å². The molecule has 1 aromatic rings. The van der Waals surface area contributed by atoms with E-state index in [4.69, 9.17) is 4.74 Å². The van der Waals surface area contributed by atoms with Gasteiger partial charge in [-0.05, 0) is 42.0 Å². The van der Waals surface area contributed by atoms with E-state index in [0.717, 1.165) is 5.92 Å². The highest BCUT2D eigenvalue weighted by Gasteiger charge is 2.33. The normalized spacial score (nSPS) is 26.3. The third kappa shape index (κ3) is 4.82. The van der Waals surface area contributed by atoms with Crippen molar-refractivity contribution >= 4 is 17.3 Å². The largest absolute Gasteiger partial charge is 0.469 e. The van der Waals surface area contributed by atoms with Crippen molar-refractivity contribution in [2.45, 2.75) is 58.5 Å². The van der Waals surface area contributed by atoms with Crippen molar-refractivity contribution in [1.29, 1.82) is 0 Å². The molecule has 0 radical (unpaired) electrons. The summed E-state index contributed by atoms with van der Waals surface area (Å²) in [4.78, 5) is 12.9. The standard InChI is InChI=1S/C17H27NO2S/c1-12-8-13(11-17(2,3)10-12)18-14(9-16(19)20-4)15-6-5-7-21-15/h5-7,12-14,18H,8-11H2,1-4H3. The zero-order valence-electron chi connectivity index (χ0n) is 13.5. The molecule has 0 saturated heterocycles. The Bertz CT molecular complexity index is 455. The molecular formula is C17H27NO2S. The Morgan fingerprint density at radius 2 is 2.29 bits per heavy atom. The molecule has 0 aromatic carbocycles. The first-order valence-electron chi connectivity index (χ1n) is 7.76. The van der Waals surface area contributed by atoms with Crippen LogP contribution in [0.4, 0.5) is 0 Å². The summed E-state index contributed by atoms with van der Waals surface area (Å²) in [6, 6.07) is 4.69. The third-order valence-electron chi connectivity index (χ3n) is 4.31. The molecule has 2 rings (SSSR count). The molecule has 3 nitrogen and oxygen atoms in total. The predicted molar refractivity (Wildman–Crippen MR) is 87.4 cm³/mol. The van der Waals surface area contributed by atoms with E-state index in [2.05, 4.69) is 37.5 Å². The monoisotopic (exact) mass is 309 g/mol. The van der Waals surface area contributed by atoms with Gasteiger partial charge in [-0.1, -0.05) is 26.8 Å². The number of ether oxygens (including phenoxy) is 1. The van der Waals surface area contributed by atoms with Crippen LogP contribution in [0.25, 0.3) is 0 Å². The fraction of sp³-hybridized carbons (Fsp3) is 0.706. The summed E-state index contributed by atoms with van der Waals surface area (Å²) in [5, 5.41) is 5.78. The maximum absolute atomic E-state index is 11.7. The zero-order chi connectivity index (χ0) is 15.5. The maximum atomic E-state index is 11.7. The first kappa shape index (κ1) is 16.5. The summed E-state index contributed by atoms with van der Waals surface area (Å²) in [7, 11) is 1.46. The molecule has 118 valence electrons. The average Bonchev–Trinajstić information content (AvgIpc) is 2.89. The lowest BCUT2D eigenvalue weighted by molar-refractivity contribution is -0.141. The van der Waals surface area contributed by atoms with Gasteiger partial charge in [0, 0.05) is 10.9 Å². The molecule has 1 aromatic heterocycles.